The molecule has 0 saturated heterocycles. The number of rotatable bonds is 4. The van der Waals surface area contributed by atoms with Gasteiger partial charge in [0.15, 0.2) is 5.78 Å². The van der Waals surface area contributed by atoms with Crippen molar-refractivity contribution in [1.29, 1.82) is 0 Å². The van der Waals surface area contributed by atoms with Gasteiger partial charge in [-0.05, 0) is 32.4 Å². The molecule has 16 heavy (non-hydrogen) atoms. The van der Waals surface area contributed by atoms with Gasteiger partial charge in [-0.2, -0.15) is 0 Å². The van der Waals surface area contributed by atoms with E-state index in [0.29, 0.717) is 11.3 Å². The number of carbonyl (C=O) groups excluding carboxylic acids is 2. The topological polar surface area (TPSA) is 43.4 Å². The molecule has 0 fully saturated rings. The van der Waals surface area contributed by atoms with Crippen molar-refractivity contribution in [2.24, 2.45) is 0 Å². The summed E-state index contributed by atoms with van der Waals surface area (Å²) >= 11 is 1.39. The smallest absolute Gasteiger partial charge is 0.303 e. The molecule has 3 nitrogen and oxygen atoms in total. The lowest BCUT2D eigenvalue weighted by atomic mass is 10.0. The maximum absolute atomic E-state index is 11.2. The van der Waals surface area contributed by atoms with Gasteiger partial charge in [0, 0.05) is 11.8 Å². The first-order valence-electron chi connectivity index (χ1n) is 5.20. The number of Topliss-reactive ketones (excluding diaryl/α,β-unsaturated/α-hetero) is 1. The number of ether oxygens (including phenoxy) is 1. The molecule has 0 aliphatic heterocycles. The molecule has 0 amide bonds. The molecule has 1 unspecified atom stereocenters. The zero-order chi connectivity index (χ0) is 12.3. The molecule has 1 rings (SSSR count). The fourth-order valence-electron chi connectivity index (χ4n) is 1.43. The Hall–Kier alpha value is -1.16. The zero-order valence-electron chi connectivity index (χ0n) is 9.99. The number of ketones is 1. The summed E-state index contributed by atoms with van der Waals surface area (Å²) in [5.74, 6) is -0.264. The van der Waals surface area contributed by atoms with Gasteiger partial charge in [0.05, 0.1) is 4.88 Å². The third-order valence-electron chi connectivity index (χ3n) is 2.52. The summed E-state index contributed by atoms with van der Waals surface area (Å²) in [5, 5.41) is 0. The molecule has 0 aromatic carbocycles. The highest BCUT2D eigenvalue weighted by Gasteiger charge is 2.30. The third kappa shape index (κ3) is 2.70. The second-order valence-corrected chi connectivity index (χ2v) is 4.98. The van der Waals surface area contributed by atoms with Crippen molar-refractivity contribution >= 4 is 23.1 Å². The molecule has 0 spiro atoms. The summed E-state index contributed by atoms with van der Waals surface area (Å²) < 4.78 is 5.33. The molecular weight excluding hydrogens is 224 g/mol. The van der Waals surface area contributed by atoms with Gasteiger partial charge < -0.3 is 4.74 Å². The quantitative estimate of drug-likeness (QED) is 0.600. The highest BCUT2D eigenvalue weighted by molar-refractivity contribution is 7.14. The molecule has 1 heterocycles. The maximum atomic E-state index is 11.2. The Kier molecular flexibility index (Phi) is 3.86. The maximum Gasteiger partial charge on any atom is 0.303 e. The Morgan fingerprint density at radius 1 is 1.38 bits per heavy atom. The van der Waals surface area contributed by atoms with Crippen molar-refractivity contribution in [2.75, 3.05) is 0 Å². The Balaban J connectivity index is 3.02. The van der Waals surface area contributed by atoms with Crippen LogP contribution in [0.4, 0.5) is 0 Å². The second kappa shape index (κ2) is 4.78. The number of esters is 1. The zero-order valence-corrected chi connectivity index (χ0v) is 10.8. The molecular formula is C12H16O3S. The first-order chi connectivity index (χ1) is 7.39. The van der Waals surface area contributed by atoms with E-state index in [9.17, 15) is 9.59 Å². The normalized spacial score (nSPS) is 14.2. The summed E-state index contributed by atoms with van der Waals surface area (Å²) in [5.41, 5.74) is -0.621. The van der Waals surface area contributed by atoms with Crippen LogP contribution in [0.3, 0.4) is 0 Å². The highest BCUT2D eigenvalue weighted by Crippen LogP contribution is 2.34. The molecule has 0 radical (unpaired) electrons. The van der Waals surface area contributed by atoms with Gasteiger partial charge in [-0.15, -0.1) is 11.3 Å². The molecule has 0 saturated carbocycles. The number of hydrogen-bond donors (Lipinski definition) is 0. The largest absolute Gasteiger partial charge is 0.454 e. The van der Waals surface area contributed by atoms with Crippen molar-refractivity contribution < 1.29 is 14.3 Å². The van der Waals surface area contributed by atoms with Crippen LogP contribution in [0.2, 0.25) is 0 Å². The molecule has 88 valence electrons. The van der Waals surface area contributed by atoms with E-state index in [0.717, 1.165) is 4.88 Å². The van der Waals surface area contributed by atoms with Crippen LogP contribution in [0.1, 0.15) is 48.7 Å². The van der Waals surface area contributed by atoms with Crippen molar-refractivity contribution in [3.05, 3.63) is 21.9 Å². The van der Waals surface area contributed by atoms with Crippen molar-refractivity contribution in [3.8, 4) is 0 Å². The van der Waals surface area contributed by atoms with Crippen molar-refractivity contribution in [2.45, 2.75) is 39.7 Å². The van der Waals surface area contributed by atoms with Crippen LogP contribution >= 0.6 is 11.3 Å². The van der Waals surface area contributed by atoms with E-state index < -0.39 is 5.60 Å². The SMILES string of the molecule is CCC(C)(OC(C)=O)c1ccc(C(C)=O)s1. The fraction of sp³-hybridized carbons (Fsp3) is 0.500. The lowest BCUT2D eigenvalue weighted by Crippen LogP contribution is -2.26. The highest BCUT2D eigenvalue weighted by atomic mass is 32.1. The van der Waals surface area contributed by atoms with Gasteiger partial charge >= 0.3 is 5.97 Å². The van der Waals surface area contributed by atoms with Crippen LogP contribution in [0.25, 0.3) is 0 Å². The van der Waals surface area contributed by atoms with E-state index in [1.165, 1.54) is 25.2 Å². The van der Waals surface area contributed by atoms with E-state index in [2.05, 4.69) is 0 Å². The van der Waals surface area contributed by atoms with E-state index >= 15 is 0 Å². The summed E-state index contributed by atoms with van der Waals surface area (Å²) in [4.78, 5) is 23.9. The Bertz CT molecular complexity index is 408. The summed E-state index contributed by atoms with van der Waals surface area (Å²) in [6.45, 7) is 6.75. The number of hydrogen-bond acceptors (Lipinski definition) is 4. The van der Waals surface area contributed by atoms with E-state index in [-0.39, 0.29) is 11.8 Å². The first kappa shape index (κ1) is 12.9. The van der Waals surface area contributed by atoms with Crippen LogP contribution in [-0.2, 0) is 15.1 Å². The van der Waals surface area contributed by atoms with Crippen molar-refractivity contribution in [1.82, 2.24) is 0 Å². The van der Waals surface area contributed by atoms with Crippen LogP contribution in [0.15, 0.2) is 12.1 Å². The molecule has 1 aromatic heterocycles. The average Bonchev–Trinajstić information content (AvgIpc) is 2.65. The van der Waals surface area contributed by atoms with Gasteiger partial charge in [-0.3, -0.25) is 9.59 Å². The molecule has 0 bridgehead atoms. The molecule has 0 aliphatic rings. The van der Waals surface area contributed by atoms with Crippen LogP contribution in [-0.4, -0.2) is 11.8 Å². The van der Waals surface area contributed by atoms with Crippen LogP contribution < -0.4 is 0 Å². The van der Waals surface area contributed by atoms with E-state index in [1.54, 1.807) is 6.07 Å². The van der Waals surface area contributed by atoms with Gasteiger partial charge in [0.2, 0.25) is 0 Å². The Morgan fingerprint density at radius 2 is 2.00 bits per heavy atom. The van der Waals surface area contributed by atoms with Gasteiger partial charge in [-0.25, -0.2) is 0 Å². The Labute approximate surface area is 99.4 Å². The number of thiophene rings is 1. The second-order valence-electron chi connectivity index (χ2n) is 3.90. The lowest BCUT2D eigenvalue weighted by molar-refractivity contribution is -0.156. The van der Waals surface area contributed by atoms with E-state index in [4.69, 9.17) is 4.74 Å². The molecule has 1 atom stereocenters. The molecule has 0 aliphatic carbocycles. The average molecular weight is 240 g/mol. The van der Waals surface area contributed by atoms with Gasteiger partial charge in [0.1, 0.15) is 5.60 Å². The standard InChI is InChI=1S/C12H16O3S/c1-5-12(4,15-9(3)14)11-7-6-10(16-11)8(2)13/h6-7H,5H2,1-4H3. The molecule has 4 heteroatoms. The van der Waals surface area contributed by atoms with Crippen molar-refractivity contribution in [3.63, 3.8) is 0 Å². The third-order valence-corrected chi connectivity index (χ3v) is 3.95. The minimum absolute atomic E-state index is 0.0394. The van der Waals surface area contributed by atoms with Gasteiger partial charge in [0.25, 0.3) is 0 Å². The van der Waals surface area contributed by atoms with Gasteiger partial charge in [-0.1, -0.05) is 6.92 Å². The minimum Gasteiger partial charge on any atom is -0.454 e. The summed E-state index contributed by atoms with van der Waals surface area (Å²) in [6.07, 6.45) is 0.685. The molecule has 0 N–H and O–H groups in total. The first-order valence-corrected chi connectivity index (χ1v) is 6.01. The van der Waals surface area contributed by atoms with E-state index in [1.807, 2.05) is 19.9 Å². The molecule has 1 aromatic rings. The number of carbonyl (C=O) groups is 2. The monoisotopic (exact) mass is 240 g/mol. The predicted molar refractivity (Wildman–Crippen MR) is 63.7 cm³/mol. The predicted octanol–water partition coefficient (Wildman–Crippen LogP) is 3.14. The fourth-order valence-corrected chi connectivity index (χ4v) is 2.48. The Morgan fingerprint density at radius 3 is 2.38 bits per heavy atom. The summed E-state index contributed by atoms with van der Waals surface area (Å²) in [6, 6.07) is 3.63. The summed E-state index contributed by atoms with van der Waals surface area (Å²) in [7, 11) is 0. The lowest BCUT2D eigenvalue weighted by Gasteiger charge is -2.26. The minimum atomic E-state index is -0.621. The van der Waals surface area contributed by atoms with Crippen LogP contribution in [0.5, 0.6) is 0 Å². The van der Waals surface area contributed by atoms with Crippen LogP contribution in [0, 0.1) is 0 Å².